The van der Waals surface area contributed by atoms with Gasteiger partial charge < -0.3 is 9.84 Å². The lowest BCUT2D eigenvalue weighted by molar-refractivity contribution is -0.136. The highest BCUT2D eigenvalue weighted by Crippen LogP contribution is 2.35. The summed E-state index contributed by atoms with van der Waals surface area (Å²) in [5.41, 5.74) is 2.42. The van der Waals surface area contributed by atoms with Crippen molar-refractivity contribution in [2.45, 2.75) is 17.1 Å². The lowest BCUT2D eigenvalue weighted by Crippen LogP contribution is -2.07. The molecule has 150 valence electrons. The molecule has 0 saturated carbocycles. The number of hydrogen-bond donors (Lipinski definition) is 1. The molecule has 0 amide bonds. The molecule has 0 fully saturated rings. The SMILES string of the molecule is O=C(O)C(=Cc1cccc(CSc2c(Cl)cccc2Cl)n1)OCCc1ccsc1. The zero-order chi connectivity index (χ0) is 20.6. The Kier molecular flexibility index (Phi) is 8.00. The van der Waals surface area contributed by atoms with Gasteiger partial charge in [-0.15, -0.1) is 11.8 Å². The van der Waals surface area contributed by atoms with E-state index in [0.29, 0.717) is 27.9 Å². The number of carboxylic acid groups (broad SMARTS) is 1. The van der Waals surface area contributed by atoms with Gasteiger partial charge in [-0.3, -0.25) is 4.98 Å². The van der Waals surface area contributed by atoms with Crippen molar-refractivity contribution < 1.29 is 14.6 Å². The van der Waals surface area contributed by atoms with Crippen molar-refractivity contribution in [1.82, 2.24) is 4.98 Å². The minimum atomic E-state index is -1.13. The van der Waals surface area contributed by atoms with Gasteiger partial charge in [-0.1, -0.05) is 35.3 Å². The predicted octanol–water partition coefficient (Wildman–Crippen LogP) is 6.43. The smallest absolute Gasteiger partial charge is 0.371 e. The van der Waals surface area contributed by atoms with E-state index >= 15 is 0 Å². The molecule has 0 aliphatic heterocycles. The summed E-state index contributed by atoms with van der Waals surface area (Å²) in [6, 6.07) is 12.8. The van der Waals surface area contributed by atoms with E-state index in [-0.39, 0.29) is 12.4 Å². The van der Waals surface area contributed by atoms with Gasteiger partial charge in [-0.2, -0.15) is 11.3 Å². The van der Waals surface area contributed by atoms with Crippen molar-refractivity contribution in [3.63, 3.8) is 0 Å². The first kappa shape index (κ1) is 21.7. The van der Waals surface area contributed by atoms with Crippen LogP contribution in [0.5, 0.6) is 0 Å². The number of nitrogens with zero attached hydrogens (tertiary/aromatic N) is 1. The van der Waals surface area contributed by atoms with Crippen molar-refractivity contribution in [2.24, 2.45) is 0 Å². The number of hydrogen-bond acceptors (Lipinski definition) is 5. The summed E-state index contributed by atoms with van der Waals surface area (Å²) >= 11 is 15.5. The average molecular weight is 466 g/mol. The maximum Gasteiger partial charge on any atom is 0.371 e. The van der Waals surface area contributed by atoms with Crippen LogP contribution in [0.25, 0.3) is 6.08 Å². The molecular weight excluding hydrogens is 449 g/mol. The summed E-state index contributed by atoms with van der Waals surface area (Å²) in [5, 5.41) is 14.6. The molecule has 1 N–H and O–H groups in total. The number of aliphatic carboxylic acids is 1. The van der Waals surface area contributed by atoms with Crippen LogP contribution in [0, 0.1) is 0 Å². The molecule has 8 heteroatoms. The zero-order valence-electron chi connectivity index (χ0n) is 15.2. The van der Waals surface area contributed by atoms with E-state index in [1.54, 1.807) is 35.6 Å². The number of ether oxygens (including phenoxy) is 1. The Morgan fingerprint density at radius 3 is 2.62 bits per heavy atom. The lowest BCUT2D eigenvalue weighted by Gasteiger charge is -2.08. The van der Waals surface area contributed by atoms with E-state index in [1.165, 1.54) is 17.8 Å². The highest BCUT2D eigenvalue weighted by atomic mass is 35.5. The standard InChI is InChI=1S/C21H17Cl2NO3S2/c22-17-5-2-6-18(23)20(17)29-13-16-4-1-3-15(24-16)11-19(21(25)26)27-9-7-14-8-10-28-12-14/h1-6,8,10-12H,7,9,13H2,(H,25,26). The second-order valence-corrected chi connectivity index (χ2v) is 8.52. The topological polar surface area (TPSA) is 59.4 Å². The number of benzene rings is 1. The number of thiophene rings is 1. The number of carboxylic acids is 1. The fraction of sp³-hybridized carbons (Fsp3) is 0.143. The quantitative estimate of drug-likeness (QED) is 0.224. The molecule has 0 unspecified atom stereocenters. The van der Waals surface area contributed by atoms with Gasteiger partial charge in [0.1, 0.15) is 0 Å². The summed E-state index contributed by atoms with van der Waals surface area (Å²) in [4.78, 5) is 16.8. The zero-order valence-corrected chi connectivity index (χ0v) is 18.3. The van der Waals surface area contributed by atoms with Gasteiger partial charge in [0, 0.05) is 23.1 Å². The van der Waals surface area contributed by atoms with Gasteiger partial charge in [-0.25, -0.2) is 4.79 Å². The molecule has 4 nitrogen and oxygen atoms in total. The average Bonchev–Trinajstić information content (AvgIpc) is 3.20. The third-order valence-electron chi connectivity index (χ3n) is 3.83. The first-order valence-corrected chi connectivity index (χ1v) is 11.3. The Morgan fingerprint density at radius 1 is 1.17 bits per heavy atom. The highest BCUT2D eigenvalue weighted by Gasteiger charge is 2.11. The van der Waals surface area contributed by atoms with Crippen molar-refractivity contribution >= 4 is 58.3 Å². The Bertz CT molecular complexity index is 987. The minimum Gasteiger partial charge on any atom is -0.486 e. The molecule has 29 heavy (non-hydrogen) atoms. The van der Waals surface area contributed by atoms with Crippen LogP contribution in [-0.4, -0.2) is 22.7 Å². The normalized spacial score (nSPS) is 11.4. The van der Waals surface area contributed by atoms with Gasteiger partial charge in [0.25, 0.3) is 0 Å². The molecule has 0 radical (unpaired) electrons. The number of carbonyl (C=O) groups is 1. The first-order valence-electron chi connectivity index (χ1n) is 8.64. The van der Waals surface area contributed by atoms with Crippen molar-refractivity contribution in [1.29, 1.82) is 0 Å². The molecule has 0 saturated heterocycles. The van der Waals surface area contributed by atoms with E-state index in [2.05, 4.69) is 4.98 Å². The number of pyridine rings is 1. The molecule has 0 atom stereocenters. The van der Waals surface area contributed by atoms with Crippen LogP contribution in [0.2, 0.25) is 10.0 Å². The molecule has 1 aromatic carbocycles. The van der Waals surface area contributed by atoms with Crippen molar-refractivity contribution in [2.75, 3.05) is 6.61 Å². The number of halogens is 2. The van der Waals surface area contributed by atoms with Gasteiger partial charge >= 0.3 is 5.97 Å². The van der Waals surface area contributed by atoms with Gasteiger partial charge in [0.05, 0.1) is 28.0 Å². The molecular formula is C21H17Cl2NO3S2. The fourth-order valence-electron chi connectivity index (χ4n) is 2.44. The Balaban J connectivity index is 1.66. The molecule has 0 bridgehead atoms. The third kappa shape index (κ3) is 6.51. The Morgan fingerprint density at radius 2 is 1.93 bits per heavy atom. The van der Waals surface area contributed by atoms with Crippen LogP contribution in [0.4, 0.5) is 0 Å². The first-order chi connectivity index (χ1) is 14.0. The van der Waals surface area contributed by atoms with E-state index in [9.17, 15) is 9.90 Å². The second kappa shape index (κ2) is 10.7. The highest BCUT2D eigenvalue weighted by molar-refractivity contribution is 7.98. The van der Waals surface area contributed by atoms with Crippen LogP contribution in [0.15, 0.2) is 63.9 Å². The van der Waals surface area contributed by atoms with E-state index in [1.807, 2.05) is 29.0 Å². The van der Waals surface area contributed by atoms with Gasteiger partial charge in [-0.05, 0) is 46.7 Å². The summed E-state index contributed by atoms with van der Waals surface area (Å²) in [6.07, 6.45) is 2.09. The summed E-state index contributed by atoms with van der Waals surface area (Å²) < 4.78 is 5.47. The maximum absolute atomic E-state index is 11.5. The fourth-order valence-corrected chi connectivity index (χ4v) is 4.73. The molecule has 0 spiro atoms. The summed E-state index contributed by atoms with van der Waals surface area (Å²) in [7, 11) is 0. The van der Waals surface area contributed by atoms with Crippen LogP contribution in [0.3, 0.4) is 0 Å². The van der Waals surface area contributed by atoms with E-state index in [0.717, 1.165) is 16.2 Å². The number of thioether (sulfide) groups is 1. The maximum atomic E-state index is 11.5. The third-order valence-corrected chi connectivity index (χ3v) is 6.58. The van der Waals surface area contributed by atoms with Crippen molar-refractivity contribution in [3.05, 3.63) is 86.0 Å². The number of rotatable bonds is 9. The van der Waals surface area contributed by atoms with Crippen LogP contribution < -0.4 is 0 Å². The van der Waals surface area contributed by atoms with E-state index < -0.39 is 5.97 Å². The lowest BCUT2D eigenvalue weighted by atomic mass is 10.2. The molecule has 3 aromatic rings. The Labute approximate surface area is 187 Å². The molecule has 2 aromatic heterocycles. The minimum absolute atomic E-state index is 0.133. The van der Waals surface area contributed by atoms with Crippen LogP contribution in [-0.2, 0) is 21.7 Å². The summed E-state index contributed by atoms with van der Waals surface area (Å²) in [6.45, 7) is 0.287. The molecule has 2 heterocycles. The molecule has 0 aliphatic rings. The predicted molar refractivity (Wildman–Crippen MR) is 120 cm³/mol. The van der Waals surface area contributed by atoms with E-state index in [4.69, 9.17) is 27.9 Å². The van der Waals surface area contributed by atoms with Crippen LogP contribution >= 0.6 is 46.3 Å². The molecule has 3 rings (SSSR count). The summed E-state index contributed by atoms with van der Waals surface area (Å²) in [5.74, 6) is -0.710. The molecule has 0 aliphatic carbocycles. The Hall–Kier alpha value is -1.99. The largest absolute Gasteiger partial charge is 0.486 e. The van der Waals surface area contributed by atoms with Gasteiger partial charge in [0.15, 0.2) is 0 Å². The monoisotopic (exact) mass is 465 g/mol. The van der Waals surface area contributed by atoms with Crippen LogP contribution in [0.1, 0.15) is 17.0 Å². The second-order valence-electron chi connectivity index (χ2n) is 5.94. The number of aromatic nitrogens is 1. The van der Waals surface area contributed by atoms with Gasteiger partial charge in [0.2, 0.25) is 5.76 Å². The van der Waals surface area contributed by atoms with Crippen molar-refractivity contribution in [3.8, 4) is 0 Å².